The molecule has 0 bridgehead atoms. The van der Waals surface area contributed by atoms with E-state index in [1.54, 1.807) is 12.1 Å². The van der Waals surface area contributed by atoms with E-state index < -0.39 is 6.23 Å². The van der Waals surface area contributed by atoms with Gasteiger partial charge in [-0.2, -0.15) is 0 Å². The van der Waals surface area contributed by atoms with E-state index in [9.17, 15) is 4.79 Å². The molecule has 0 aliphatic carbocycles. The molecule has 0 aliphatic rings. The third-order valence-corrected chi connectivity index (χ3v) is 4.01. The Bertz CT molecular complexity index is 788. The van der Waals surface area contributed by atoms with Gasteiger partial charge in [-0.05, 0) is 36.8 Å². The monoisotopic (exact) mass is 331 g/mol. The van der Waals surface area contributed by atoms with Gasteiger partial charge in [0.15, 0.2) is 6.23 Å². The zero-order chi connectivity index (χ0) is 17.5. The van der Waals surface area contributed by atoms with Crippen molar-refractivity contribution in [3.63, 3.8) is 0 Å². The first-order valence-electron chi connectivity index (χ1n) is 8.35. The van der Waals surface area contributed by atoms with Crippen molar-refractivity contribution >= 4 is 11.7 Å². The summed E-state index contributed by atoms with van der Waals surface area (Å²) in [6.07, 6.45) is -0.393. The van der Waals surface area contributed by atoms with Crippen LogP contribution in [0.2, 0.25) is 0 Å². The predicted octanol–water partition coefficient (Wildman–Crippen LogP) is 4.90. The highest BCUT2D eigenvalue weighted by Gasteiger charge is 2.19. The Hall–Kier alpha value is -3.07. The molecule has 0 radical (unpaired) electrons. The van der Waals surface area contributed by atoms with E-state index in [1.807, 2.05) is 73.7 Å². The SMILES string of the molecule is CC(OC(=O)c1ccccc1)N(Cc1ccccc1)c1ccccc1. The van der Waals surface area contributed by atoms with E-state index in [1.165, 1.54) is 0 Å². The molecule has 3 rings (SSSR count). The van der Waals surface area contributed by atoms with Crippen LogP contribution >= 0.6 is 0 Å². The number of carbonyl (C=O) groups excluding carboxylic acids is 1. The quantitative estimate of drug-likeness (QED) is 0.475. The van der Waals surface area contributed by atoms with E-state index in [0.717, 1.165) is 11.3 Å². The van der Waals surface area contributed by atoms with Crippen molar-refractivity contribution in [2.45, 2.75) is 19.7 Å². The van der Waals surface area contributed by atoms with Gasteiger partial charge in [-0.1, -0.05) is 66.7 Å². The predicted molar refractivity (Wildman–Crippen MR) is 100 cm³/mol. The van der Waals surface area contributed by atoms with Gasteiger partial charge in [-0.25, -0.2) is 4.79 Å². The van der Waals surface area contributed by atoms with E-state index >= 15 is 0 Å². The fraction of sp³-hybridized carbons (Fsp3) is 0.136. The Morgan fingerprint density at radius 3 is 1.96 bits per heavy atom. The van der Waals surface area contributed by atoms with Crippen molar-refractivity contribution in [3.8, 4) is 0 Å². The molecule has 3 heteroatoms. The molecule has 0 spiro atoms. The minimum atomic E-state index is -0.393. The van der Waals surface area contributed by atoms with Gasteiger partial charge in [0.25, 0.3) is 0 Å². The number of nitrogens with zero attached hydrogens (tertiary/aromatic N) is 1. The van der Waals surface area contributed by atoms with Crippen LogP contribution in [0.3, 0.4) is 0 Å². The molecule has 0 fully saturated rings. The zero-order valence-electron chi connectivity index (χ0n) is 14.2. The van der Waals surface area contributed by atoms with Crippen LogP contribution in [0.5, 0.6) is 0 Å². The van der Waals surface area contributed by atoms with Crippen molar-refractivity contribution < 1.29 is 9.53 Å². The molecule has 0 heterocycles. The molecule has 0 N–H and O–H groups in total. The number of anilines is 1. The second-order valence-electron chi connectivity index (χ2n) is 5.82. The van der Waals surface area contributed by atoms with Gasteiger partial charge in [0.05, 0.1) is 5.56 Å². The lowest BCUT2D eigenvalue weighted by atomic mass is 10.2. The molecule has 0 aliphatic heterocycles. The van der Waals surface area contributed by atoms with E-state index in [-0.39, 0.29) is 5.97 Å². The first kappa shape index (κ1) is 16.8. The maximum atomic E-state index is 12.4. The topological polar surface area (TPSA) is 29.5 Å². The van der Waals surface area contributed by atoms with E-state index in [4.69, 9.17) is 4.74 Å². The second kappa shape index (κ2) is 8.15. The minimum Gasteiger partial charge on any atom is -0.438 e. The number of esters is 1. The lowest BCUT2D eigenvalue weighted by Gasteiger charge is -2.31. The molecule has 3 nitrogen and oxygen atoms in total. The molecule has 25 heavy (non-hydrogen) atoms. The number of rotatable bonds is 6. The Balaban J connectivity index is 1.80. The second-order valence-corrected chi connectivity index (χ2v) is 5.82. The number of hydrogen-bond donors (Lipinski definition) is 0. The first-order valence-corrected chi connectivity index (χ1v) is 8.35. The lowest BCUT2D eigenvalue weighted by Crippen LogP contribution is -2.36. The van der Waals surface area contributed by atoms with Crippen molar-refractivity contribution in [2.75, 3.05) is 4.90 Å². The van der Waals surface area contributed by atoms with Crippen LogP contribution in [0.25, 0.3) is 0 Å². The number of carbonyl (C=O) groups is 1. The number of para-hydroxylation sites is 1. The summed E-state index contributed by atoms with van der Waals surface area (Å²) in [7, 11) is 0. The fourth-order valence-electron chi connectivity index (χ4n) is 2.69. The first-order chi connectivity index (χ1) is 12.2. The lowest BCUT2D eigenvalue weighted by molar-refractivity contribution is 0.0330. The van der Waals surface area contributed by atoms with Crippen LogP contribution in [0, 0.1) is 0 Å². The van der Waals surface area contributed by atoms with Crippen LogP contribution in [-0.4, -0.2) is 12.2 Å². The standard InChI is InChI=1S/C22H21NO2/c1-18(25-22(24)20-13-7-3-8-14-20)23(21-15-9-4-10-16-21)17-19-11-5-2-6-12-19/h2-16,18H,17H2,1H3. The Morgan fingerprint density at radius 1 is 0.840 bits per heavy atom. The van der Waals surface area contributed by atoms with Crippen molar-refractivity contribution in [1.82, 2.24) is 0 Å². The molecule has 0 saturated carbocycles. The zero-order valence-corrected chi connectivity index (χ0v) is 14.2. The molecule has 126 valence electrons. The van der Waals surface area contributed by atoms with Gasteiger partial charge in [0.1, 0.15) is 0 Å². The highest BCUT2D eigenvalue weighted by atomic mass is 16.6. The van der Waals surface area contributed by atoms with Crippen LogP contribution in [0.15, 0.2) is 91.0 Å². The fourth-order valence-corrected chi connectivity index (χ4v) is 2.69. The van der Waals surface area contributed by atoms with Crippen molar-refractivity contribution in [3.05, 3.63) is 102 Å². The summed E-state index contributed by atoms with van der Waals surface area (Å²) in [6.45, 7) is 2.56. The summed E-state index contributed by atoms with van der Waals surface area (Å²) in [5.41, 5.74) is 2.73. The molecular formula is C22H21NO2. The van der Waals surface area contributed by atoms with Crippen molar-refractivity contribution in [2.24, 2.45) is 0 Å². The van der Waals surface area contributed by atoms with Gasteiger partial charge >= 0.3 is 5.97 Å². The summed E-state index contributed by atoms with van der Waals surface area (Å²) in [6, 6.07) is 29.2. The Morgan fingerprint density at radius 2 is 1.36 bits per heavy atom. The van der Waals surface area contributed by atoms with Crippen LogP contribution in [-0.2, 0) is 11.3 Å². The van der Waals surface area contributed by atoms with Gasteiger partial charge in [0, 0.05) is 12.2 Å². The third kappa shape index (κ3) is 4.48. The normalized spacial score (nSPS) is 11.6. The van der Waals surface area contributed by atoms with Crippen molar-refractivity contribution in [1.29, 1.82) is 0 Å². The van der Waals surface area contributed by atoms with Crippen LogP contribution in [0.1, 0.15) is 22.8 Å². The molecule has 0 amide bonds. The molecule has 0 saturated heterocycles. The highest BCUT2D eigenvalue weighted by molar-refractivity contribution is 5.89. The summed E-state index contributed by atoms with van der Waals surface area (Å²) in [5.74, 6) is -0.318. The maximum Gasteiger partial charge on any atom is 0.340 e. The number of hydrogen-bond acceptors (Lipinski definition) is 3. The summed E-state index contributed by atoms with van der Waals surface area (Å²) < 4.78 is 5.71. The molecule has 3 aromatic rings. The summed E-state index contributed by atoms with van der Waals surface area (Å²) in [4.78, 5) is 14.5. The molecule has 1 unspecified atom stereocenters. The Labute approximate surface area is 148 Å². The van der Waals surface area contributed by atoms with Gasteiger partial charge in [-0.15, -0.1) is 0 Å². The average Bonchev–Trinajstić information content (AvgIpc) is 2.68. The molecule has 3 aromatic carbocycles. The average molecular weight is 331 g/mol. The van der Waals surface area contributed by atoms with E-state index in [0.29, 0.717) is 12.1 Å². The largest absolute Gasteiger partial charge is 0.438 e. The van der Waals surface area contributed by atoms with Gasteiger partial charge < -0.3 is 9.64 Å². The molecule has 0 aromatic heterocycles. The van der Waals surface area contributed by atoms with Gasteiger partial charge in [-0.3, -0.25) is 0 Å². The maximum absolute atomic E-state index is 12.4. The van der Waals surface area contributed by atoms with Gasteiger partial charge in [0.2, 0.25) is 0 Å². The smallest absolute Gasteiger partial charge is 0.340 e. The molecule has 1 atom stereocenters. The van der Waals surface area contributed by atoms with Crippen LogP contribution in [0.4, 0.5) is 5.69 Å². The highest BCUT2D eigenvalue weighted by Crippen LogP contribution is 2.21. The number of ether oxygens (including phenoxy) is 1. The third-order valence-electron chi connectivity index (χ3n) is 4.01. The summed E-state index contributed by atoms with van der Waals surface area (Å²) >= 11 is 0. The summed E-state index contributed by atoms with van der Waals surface area (Å²) in [5, 5.41) is 0. The number of benzene rings is 3. The van der Waals surface area contributed by atoms with Crippen LogP contribution < -0.4 is 4.90 Å². The molecular weight excluding hydrogens is 310 g/mol. The van der Waals surface area contributed by atoms with E-state index in [2.05, 4.69) is 17.0 Å². The minimum absolute atomic E-state index is 0.318. The Kier molecular flexibility index (Phi) is 5.47.